The molecule has 0 amide bonds. The molecular weight excluding hydrogens is 192 g/mol. The lowest BCUT2D eigenvalue weighted by Crippen LogP contribution is -1.91. The van der Waals surface area contributed by atoms with E-state index in [1.165, 1.54) is 0 Å². The van der Waals surface area contributed by atoms with Crippen molar-refractivity contribution in [2.24, 2.45) is 0 Å². The summed E-state index contributed by atoms with van der Waals surface area (Å²) in [6.45, 7) is 2.35. The van der Waals surface area contributed by atoms with Gasteiger partial charge in [0.25, 0.3) is 0 Å². The second kappa shape index (κ2) is 3.69. The Morgan fingerprint density at radius 1 is 1.07 bits per heavy atom. The summed E-state index contributed by atoms with van der Waals surface area (Å²) in [4.78, 5) is 0. The maximum absolute atomic E-state index is 9.87. The first kappa shape index (κ1) is 9.65. The molecule has 0 aliphatic rings. The summed E-state index contributed by atoms with van der Waals surface area (Å²) in [5.74, 6) is 0.673. The number of aromatic hydroxyl groups is 2. The van der Waals surface area contributed by atoms with Crippen LogP contribution in [0, 0.1) is 0 Å². The van der Waals surface area contributed by atoms with Crippen molar-refractivity contribution in [3.05, 3.63) is 30.3 Å². The Kier molecular flexibility index (Phi) is 2.37. The van der Waals surface area contributed by atoms with Gasteiger partial charge in [0.05, 0.1) is 6.61 Å². The number of benzene rings is 2. The molecule has 0 heterocycles. The summed E-state index contributed by atoms with van der Waals surface area (Å²) < 4.78 is 5.25. The topological polar surface area (TPSA) is 49.7 Å². The highest BCUT2D eigenvalue weighted by Gasteiger charge is 2.08. The fourth-order valence-corrected chi connectivity index (χ4v) is 1.58. The molecule has 2 aromatic carbocycles. The third-order valence-electron chi connectivity index (χ3n) is 2.27. The molecular formula is C12H12O3. The van der Waals surface area contributed by atoms with E-state index in [0.717, 1.165) is 0 Å². The van der Waals surface area contributed by atoms with Gasteiger partial charge < -0.3 is 14.9 Å². The monoisotopic (exact) mass is 204 g/mol. The summed E-state index contributed by atoms with van der Waals surface area (Å²) in [5.41, 5.74) is 0. The van der Waals surface area contributed by atoms with E-state index >= 15 is 0 Å². The Balaban J connectivity index is 2.68. The molecule has 78 valence electrons. The third kappa shape index (κ3) is 1.56. The quantitative estimate of drug-likeness (QED) is 0.790. The van der Waals surface area contributed by atoms with Crippen molar-refractivity contribution in [2.75, 3.05) is 6.61 Å². The van der Waals surface area contributed by atoms with E-state index in [4.69, 9.17) is 4.74 Å². The van der Waals surface area contributed by atoms with Crippen LogP contribution >= 0.6 is 0 Å². The van der Waals surface area contributed by atoms with Gasteiger partial charge in [0.1, 0.15) is 5.75 Å². The van der Waals surface area contributed by atoms with Gasteiger partial charge in [-0.3, -0.25) is 0 Å². The number of ether oxygens (including phenoxy) is 1. The van der Waals surface area contributed by atoms with E-state index in [0.29, 0.717) is 23.1 Å². The Bertz CT molecular complexity index is 491. The van der Waals surface area contributed by atoms with Gasteiger partial charge in [-0.2, -0.15) is 0 Å². The smallest absolute Gasteiger partial charge is 0.165 e. The predicted molar refractivity (Wildman–Crippen MR) is 58.4 cm³/mol. The van der Waals surface area contributed by atoms with Crippen molar-refractivity contribution in [3.8, 4) is 17.2 Å². The number of fused-ring (bicyclic) bond motifs is 1. The van der Waals surface area contributed by atoms with Crippen molar-refractivity contribution in [1.29, 1.82) is 0 Å². The average Bonchev–Trinajstić information content (AvgIpc) is 2.23. The first-order chi connectivity index (χ1) is 7.24. The maximum Gasteiger partial charge on any atom is 0.165 e. The molecule has 2 rings (SSSR count). The molecule has 0 atom stereocenters. The Morgan fingerprint density at radius 2 is 1.87 bits per heavy atom. The van der Waals surface area contributed by atoms with E-state index in [-0.39, 0.29) is 11.5 Å². The Labute approximate surface area is 87.5 Å². The van der Waals surface area contributed by atoms with E-state index in [2.05, 4.69) is 0 Å². The van der Waals surface area contributed by atoms with Gasteiger partial charge in [-0.25, -0.2) is 0 Å². The number of phenolic OH excluding ortho intramolecular Hbond substituents is 2. The van der Waals surface area contributed by atoms with E-state index in [1.54, 1.807) is 30.3 Å². The highest BCUT2D eigenvalue weighted by molar-refractivity contribution is 5.94. The van der Waals surface area contributed by atoms with Gasteiger partial charge in [-0.05, 0) is 25.1 Å². The zero-order chi connectivity index (χ0) is 10.8. The lowest BCUT2D eigenvalue weighted by atomic mass is 10.1. The highest BCUT2D eigenvalue weighted by atomic mass is 16.5. The highest BCUT2D eigenvalue weighted by Crippen LogP contribution is 2.37. The van der Waals surface area contributed by atoms with E-state index in [9.17, 15) is 10.2 Å². The molecule has 2 aromatic rings. The second-order valence-electron chi connectivity index (χ2n) is 3.22. The number of rotatable bonds is 2. The molecule has 0 radical (unpaired) electrons. The van der Waals surface area contributed by atoms with Gasteiger partial charge in [-0.15, -0.1) is 0 Å². The summed E-state index contributed by atoms with van der Waals surface area (Å²) >= 11 is 0. The minimum Gasteiger partial charge on any atom is -0.507 e. The average molecular weight is 204 g/mol. The van der Waals surface area contributed by atoms with Crippen molar-refractivity contribution in [2.45, 2.75) is 6.92 Å². The summed E-state index contributed by atoms with van der Waals surface area (Å²) in [7, 11) is 0. The minimum atomic E-state index is 0.0743. The molecule has 0 aromatic heterocycles. The standard InChI is InChI=1S/C12H12O3/c1-2-15-11-7-6-8-9(12(11)14)4-3-5-10(8)13/h3-7,13-14H,2H2,1H3. The molecule has 0 unspecified atom stereocenters. The van der Waals surface area contributed by atoms with Gasteiger partial charge in [-0.1, -0.05) is 12.1 Å². The largest absolute Gasteiger partial charge is 0.507 e. The fourth-order valence-electron chi connectivity index (χ4n) is 1.58. The third-order valence-corrected chi connectivity index (χ3v) is 2.27. The lowest BCUT2D eigenvalue weighted by Gasteiger charge is -2.08. The first-order valence-electron chi connectivity index (χ1n) is 4.80. The molecule has 15 heavy (non-hydrogen) atoms. The van der Waals surface area contributed by atoms with Gasteiger partial charge >= 0.3 is 0 Å². The van der Waals surface area contributed by atoms with Crippen LogP contribution in [0.15, 0.2) is 30.3 Å². The molecule has 2 N–H and O–H groups in total. The van der Waals surface area contributed by atoms with Gasteiger partial charge in [0, 0.05) is 10.8 Å². The molecule has 0 saturated heterocycles. The number of hydrogen-bond donors (Lipinski definition) is 2. The van der Waals surface area contributed by atoms with Crippen LogP contribution in [0.5, 0.6) is 17.2 Å². The molecule has 0 bridgehead atoms. The molecule has 0 aliphatic heterocycles. The number of phenols is 2. The van der Waals surface area contributed by atoms with Crippen LogP contribution in [0.4, 0.5) is 0 Å². The van der Waals surface area contributed by atoms with Gasteiger partial charge in [0.2, 0.25) is 0 Å². The first-order valence-corrected chi connectivity index (χ1v) is 4.80. The van der Waals surface area contributed by atoms with Crippen molar-refractivity contribution in [1.82, 2.24) is 0 Å². The van der Waals surface area contributed by atoms with Crippen molar-refractivity contribution < 1.29 is 14.9 Å². The summed E-state index contributed by atoms with van der Waals surface area (Å²) in [5, 5.41) is 20.7. The molecule has 3 heteroatoms. The van der Waals surface area contributed by atoms with Crippen LogP contribution in [0.1, 0.15) is 6.92 Å². The molecule has 0 saturated carbocycles. The van der Waals surface area contributed by atoms with Crippen LogP contribution < -0.4 is 4.74 Å². The molecule has 0 fully saturated rings. The number of hydrogen-bond acceptors (Lipinski definition) is 3. The predicted octanol–water partition coefficient (Wildman–Crippen LogP) is 2.65. The Hall–Kier alpha value is -1.90. The second-order valence-corrected chi connectivity index (χ2v) is 3.22. The molecule has 0 aliphatic carbocycles. The van der Waals surface area contributed by atoms with Crippen LogP contribution in [0.3, 0.4) is 0 Å². The molecule has 0 spiro atoms. The summed E-state index contributed by atoms with van der Waals surface area (Å²) in [6, 6.07) is 8.40. The zero-order valence-corrected chi connectivity index (χ0v) is 8.40. The zero-order valence-electron chi connectivity index (χ0n) is 8.40. The van der Waals surface area contributed by atoms with E-state index < -0.39 is 0 Å². The van der Waals surface area contributed by atoms with Crippen LogP contribution in [-0.4, -0.2) is 16.8 Å². The van der Waals surface area contributed by atoms with Crippen LogP contribution in [-0.2, 0) is 0 Å². The van der Waals surface area contributed by atoms with Crippen LogP contribution in [0.2, 0.25) is 0 Å². The van der Waals surface area contributed by atoms with Crippen LogP contribution in [0.25, 0.3) is 10.8 Å². The SMILES string of the molecule is CCOc1ccc2c(O)cccc2c1O. The maximum atomic E-state index is 9.87. The van der Waals surface area contributed by atoms with Crippen molar-refractivity contribution in [3.63, 3.8) is 0 Å². The van der Waals surface area contributed by atoms with Crippen molar-refractivity contribution >= 4 is 10.8 Å². The van der Waals surface area contributed by atoms with Gasteiger partial charge in [0.15, 0.2) is 11.5 Å². The normalized spacial score (nSPS) is 10.5. The van der Waals surface area contributed by atoms with E-state index in [1.807, 2.05) is 6.92 Å². The molecule has 3 nitrogen and oxygen atoms in total. The lowest BCUT2D eigenvalue weighted by molar-refractivity contribution is 0.320. The summed E-state index contributed by atoms with van der Waals surface area (Å²) in [6.07, 6.45) is 0. The fraction of sp³-hybridized carbons (Fsp3) is 0.167. The minimum absolute atomic E-state index is 0.0743. The Morgan fingerprint density at radius 3 is 2.60 bits per heavy atom.